The highest BCUT2D eigenvalue weighted by atomic mass is 32.2. The Hall–Kier alpha value is -2.01. The Balaban J connectivity index is 2.01. The van der Waals surface area contributed by atoms with Crippen molar-refractivity contribution in [3.8, 4) is 0 Å². The summed E-state index contributed by atoms with van der Waals surface area (Å²) in [6, 6.07) is 17.4. The molecule has 0 radical (unpaired) electrons. The number of aromatic nitrogens is 3. The van der Waals surface area contributed by atoms with Crippen LogP contribution in [0.2, 0.25) is 0 Å². The minimum Gasteiger partial charge on any atom is -0.252 e. The highest BCUT2D eigenvalue weighted by molar-refractivity contribution is 7.85. The number of hydrogen-bond donors (Lipinski definition) is 0. The summed E-state index contributed by atoms with van der Waals surface area (Å²) in [7, 11) is -1.15. The van der Waals surface area contributed by atoms with Crippen LogP contribution < -0.4 is 0 Å². The molecule has 22 heavy (non-hydrogen) atoms. The molecule has 0 N–H and O–H groups in total. The largest absolute Gasteiger partial charge is 0.252 e. The molecule has 4 nitrogen and oxygen atoms in total. The summed E-state index contributed by atoms with van der Waals surface area (Å²) in [6.45, 7) is 2.14. The third kappa shape index (κ3) is 2.95. The van der Waals surface area contributed by atoms with Crippen LogP contribution in [0, 0.1) is 0 Å². The van der Waals surface area contributed by atoms with Gasteiger partial charge in [0, 0.05) is 4.90 Å². The monoisotopic (exact) mass is 313 g/mol. The van der Waals surface area contributed by atoms with Crippen molar-refractivity contribution in [2.45, 2.75) is 36.5 Å². The summed E-state index contributed by atoms with van der Waals surface area (Å²) in [6.07, 6.45) is 2.90. The van der Waals surface area contributed by atoms with E-state index in [-0.39, 0.29) is 5.37 Å². The minimum absolute atomic E-state index is 0.185. The number of benzene rings is 2. The summed E-state index contributed by atoms with van der Waals surface area (Å²) >= 11 is 0. The Labute approximate surface area is 132 Å². The molecule has 0 amide bonds. The summed E-state index contributed by atoms with van der Waals surface area (Å²) in [4.78, 5) is 0.836. The van der Waals surface area contributed by atoms with Crippen molar-refractivity contribution in [1.82, 2.24) is 15.0 Å². The van der Waals surface area contributed by atoms with Crippen LogP contribution in [-0.2, 0) is 10.8 Å². The fraction of sp³-hybridized carbons (Fsp3) is 0.294. The van der Waals surface area contributed by atoms with Crippen LogP contribution in [-0.4, -0.2) is 19.2 Å². The molecule has 0 aliphatic rings. The maximum absolute atomic E-state index is 13.0. The molecule has 3 aromatic rings. The van der Waals surface area contributed by atoms with Gasteiger partial charge in [-0.25, -0.2) is 4.68 Å². The maximum Gasteiger partial charge on any atom is 0.134 e. The van der Waals surface area contributed by atoms with E-state index in [1.165, 1.54) is 0 Å². The van der Waals surface area contributed by atoms with E-state index in [9.17, 15) is 4.21 Å². The lowest BCUT2D eigenvalue weighted by Gasteiger charge is -2.17. The van der Waals surface area contributed by atoms with Gasteiger partial charge >= 0.3 is 0 Å². The Morgan fingerprint density at radius 1 is 1.09 bits per heavy atom. The quantitative estimate of drug-likeness (QED) is 0.693. The molecule has 2 unspecified atom stereocenters. The molecule has 0 bridgehead atoms. The van der Waals surface area contributed by atoms with Gasteiger partial charge in [-0.3, -0.25) is 4.21 Å². The first-order valence-electron chi connectivity index (χ1n) is 7.57. The third-order valence-electron chi connectivity index (χ3n) is 3.68. The highest BCUT2D eigenvalue weighted by Gasteiger charge is 2.22. The molecule has 0 spiro atoms. The van der Waals surface area contributed by atoms with E-state index in [0.29, 0.717) is 0 Å². The second-order valence-corrected chi connectivity index (χ2v) is 6.84. The molecule has 0 saturated heterocycles. The number of para-hydroxylation sites is 1. The van der Waals surface area contributed by atoms with Crippen molar-refractivity contribution in [2.75, 3.05) is 0 Å². The van der Waals surface area contributed by atoms with Crippen molar-refractivity contribution in [2.24, 2.45) is 0 Å². The van der Waals surface area contributed by atoms with Gasteiger partial charge in [0.15, 0.2) is 0 Å². The van der Waals surface area contributed by atoms with Crippen molar-refractivity contribution >= 4 is 21.8 Å². The van der Waals surface area contributed by atoms with Crippen LogP contribution >= 0.6 is 0 Å². The lowest BCUT2D eigenvalue weighted by Crippen LogP contribution is -2.16. The zero-order valence-electron chi connectivity index (χ0n) is 12.6. The van der Waals surface area contributed by atoms with E-state index in [2.05, 4.69) is 17.2 Å². The molecule has 1 aromatic heterocycles. The summed E-state index contributed by atoms with van der Waals surface area (Å²) in [5, 5.41) is 8.29. The maximum atomic E-state index is 13.0. The van der Waals surface area contributed by atoms with Crippen LogP contribution in [0.25, 0.3) is 11.0 Å². The van der Waals surface area contributed by atoms with Crippen molar-refractivity contribution in [3.63, 3.8) is 0 Å². The number of nitrogens with zero attached hydrogens (tertiary/aromatic N) is 3. The summed E-state index contributed by atoms with van der Waals surface area (Å²) in [5.41, 5.74) is 1.78. The number of hydrogen-bond acceptors (Lipinski definition) is 3. The smallest absolute Gasteiger partial charge is 0.134 e. The molecule has 0 aliphatic heterocycles. The zero-order chi connectivity index (χ0) is 15.4. The van der Waals surface area contributed by atoms with Crippen molar-refractivity contribution in [3.05, 3.63) is 54.6 Å². The van der Waals surface area contributed by atoms with Crippen LogP contribution in [0.1, 0.15) is 31.6 Å². The van der Waals surface area contributed by atoms with Gasteiger partial charge in [0.05, 0.1) is 16.3 Å². The first kappa shape index (κ1) is 14.9. The fourth-order valence-electron chi connectivity index (χ4n) is 2.51. The topological polar surface area (TPSA) is 47.8 Å². The SMILES string of the molecule is CCCCC(n1nnc2ccccc21)S(=O)c1ccccc1. The molecule has 5 heteroatoms. The van der Waals surface area contributed by atoms with Crippen molar-refractivity contribution in [1.29, 1.82) is 0 Å². The van der Waals surface area contributed by atoms with E-state index >= 15 is 0 Å². The molecule has 0 aliphatic carbocycles. The molecular weight excluding hydrogens is 294 g/mol. The first-order valence-corrected chi connectivity index (χ1v) is 8.78. The average molecular weight is 313 g/mol. The second kappa shape index (κ2) is 6.83. The number of unbranched alkanes of at least 4 members (excludes halogenated alkanes) is 1. The summed E-state index contributed by atoms with van der Waals surface area (Å²) < 4.78 is 14.8. The Kier molecular flexibility index (Phi) is 4.63. The summed E-state index contributed by atoms with van der Waals surface area (Å²) in [5.74, 6) is 0. The molecule has 2 atom stereocenters. The van der Waals surface area contributed by atoms with E-state index in [1.54, 1.807) is 0 Å². The first-order chi connectivity index (χ1) is 10.8. The average Bonchev–Trinajstić information content (AvgIpc) is 3.00. The standard InChI is InChI=1S/C17H19N3OS/c1-2-3-13-17(22(21)14-9-5-4-6-10-14)20-16-12-8-7-11-15(16)18-19-20/h4-12,17H,2-3,13H2,1H3. The fourth-order valence-corrected chi connectivity index (χ4v) is 3.97. The lowest BCUT2D eigenvalue weighted by atomic mass is 10.2. The molecule has 1 heterocycles. The molecule has 2 aromatic carbocycles. The van der Waals surface area contributed by atoms with E-state index < -0.39 is 10.8 Å². The molecular formula is C17H19N3OS. The van der Waals surface area contributed by atoms with Gasteiger partial charge in [0.2, 0.25) is 0 Å². The normalized spacial score (nSPS) is 14.0. The van der Waals surface area contributed by atoms with Gasteiger partial charge in [0.25, 0.3) is 0 Å². The van der Waals surface area contributed by atoms with Crippen LogP contribution in [0.4, 0.5) is 0 Å². The molecule has 114 valence electrons. The van der Waals surface area contributed by atoms with Gasteiger partial charge in [-0.15, -0.1) is 5.10 Å². The predicted octanol–water partition coefficient (Wildman–Crippen LogP) is 3.93. The Morgan fingerprint density at radius 3 is 2.59 bits per heavy atom. The van der Waals surface area contributed by atoms with E-state index in [1.807, 2.05) is 59.3 Å². The van der Waals surface area contributed by atoms with Gasteiger partial charge in [-0.2, -0.15) is 0 Å². The predicted molar refractivity (Wildman–Crippen MR) is 88.9 cm³/mol. The van der Waals surface area contributed by atoms with E-state index in [4.69, 9.17) is 0 Å². The minimum atomic E-state index is -1.15. The van der Waals surface area contributed by atoms with E-state index in [0.717, 1.165) is 35.2 Å². The highest BCUT2D eigenvalue weighted by Crippen LogP contribution is 2.27. The molecule has 0 fully saturated rings. The zero-order valence-corrected chi connectivity index (χ0v) is 13.4. The van der Waals surface area contributed by atoms with Gasteiger partial charge in [-0.1, -0.05) is 55.3 Å². The Morgan fingerprint density at radius 2 is 1.82 bits per heavy atom. The lowest BCUT2D eigenvalue weighted by molar-refractivity contribution is 0.517. The second-order valence-electron chi connectivity index (χ2n) is 5.23. The van der Waals surface area contributed by atoms with Crippen LogP contribution in [0.3, 0.4) is 0 Å². The number of fused-ring (bicyclic) bond motifs is 1. The van der Waals surface area contributed by atoms with Crippen LogP contribution in [0.15, 0.2) is 59.5 Å². The number of rotatable bonds is 6. The van der Waals surface area contributed by atoms with Gasteiger partial charge in [-0.05, 0) is 30.7 Å². The van der Waals surface area contributed by atoms with Crippen molar-refractivity contribution < 1.29 is 4.21 Å². The molecule has 0 saturated carbocycles. The van der Waals surface area contributed by atoms with Gasteiger partial charge in [0.1, 0.15) is 10.9 Å². The van der Waals surface area contributed by atoms with Gasteiger partial charge < -0.3 is 0 Å². The third-order valence-corrected chi connectivity index (χ3v) is 5.34. The van der Waals surface area contributed by atoms with Crippen LogP contribution in [0.5, 0.6) is 0 Å². The molecule has 3 rings (SSSR count). The Bertz CT molecular complexity index is 770.